The van der Waals surface area contributed by atoms with Crippen LogP contribution in [0.2, 0.25) is 0 Å². The van der Waals surface area contributed by atoms with Crippen molar-refractivity contribution in [3.63, 3.8) is 0 Å². The van der Waals surface area contributed by atoms with Crippen LogP contribution in [0, 0.1) is 0 Å². The van der Waals surface area contributed by atoms with Gasteiger partial charge in [-0.2, -0.15) is 0 Å². The molecular formula is C15H19N3O. The molecule has 100 valence electrons. The lowest BCUT2D eigenvalue weighted by Gasteiger charge is -2.11. The van der Waals surface area contributed by atoms with Gasteiger partial charge in [-0.25, -0.2) is 0 Å². The summed E-state index contributed by atoms with van der Waals surface area (Å²) in [6.07, 6.45) is 0. The molecule has 1 heterocycles. The lowest BCUT2D eigenvalue weighted by Crippen LogP contribution is -2.29. The first-order chi connectivity index (χ1) is 9.13. The van der Waals surface area contributed by atoms with E-state index in [9.17, 15) is 4.79 Å². The first-order valence-corrected chi connectivity index (χ1v) is 6.51. The van der Waals surface area contributed by atoms with E-state index < -0.39 is 0 Å². The third-order valence-electron chi connectivity index (χ3n) is 3.00. The number of nitrogens with zero attached hydrogens (tertiary/aromatic N) is 1. The van der Waals surface area contributed by atoms with Gasteiger partial charge in [-0.15, -0.1) is 0 Å². The van der Waals surface area contributed by atoms with Crippen molar-refractivity contribution < 1.29 is 4.79 Å². The van der Waals surface area contributed by atoms with Crippen LogP contribution in [0.3, 0.4) is 0 Å². The predicted octanol–water partition coefficient (Wildman–Crippen LogP) is 2.05. The van der Waals surface area contributed by atoms with Gasteiger partial charge in [0.25, 0.3) is 5.91 Å². The molecule has 1 aromatic carbocycles. The van der Waals surface area contributed by atoms with Crippen LogP contribution in [0.5, 0.6) is 0 Å². The molecule has 4 nitrogen and oxygen atoms in total. The fraction of sp³-hybridized carbons (Fsp3) is 0.333. The molecular weight excluding hydrogens is 238 g/mol. The van der Waals surface area contributed by atoms with Gasteiger partial charge in [0.05, 0.1) is 11.1 Å². The van der Waals surface area contributed by atoms with Gasteiger partial charge < -0.3 is 11.1 Å². The first-order valence-electron chi connectivity index (χ1n) is 6.51. The van der Waals surface area contributed by atoms with E-state index in [1.54, 1.807) is 0 Å². The first kappa shape index (κ1) is 13.5. The number of carbonyl (C=O) groups is 1. The molecule has 0 fully saturated rings. The number of aromatic nitrogens is 1. The van der Waals surface area contributed by atoms with E-state index in [0.29, 0.717) is 18.7 Å². The maximum absolute atomic E-state index is 12.2. The molecule has 0 unspecified atom stereocenters. The second-order valence-electron chi connectivity index (χ2n) is 4.81. The number of rotatable bonds is 4. The van der Waals surface area contributed by atoms with Gasteiger partial charge >= 0.3 is 0 Å². The van der Waals surface area contributed by atoms with Crippen molar-refractivity contribution in [3.05, 3.63) is 41.6 Å². The van der Waals surface area contributed by atoms with Gasteiger partial charge in [0.15, 0.2) is 0 Å². The number of benzene rings is 1. The van der Waals surface area contributed by atoms with Crippen molar-refractivity contribution in [1.82, 2.24) is 10.3 Å². The molecule has 0 radical (unpaired) electrons. The number of nitrogens with one attached hydrogen (secondary N) is 1. The van der Waals surface area contributed by atoms with E-state index in [1.165, 1.54) is 0 Å². The van der Waals surface area contributed by atoms with E-state index in [-0.39, 0.29) is 11.8 Å². The van der Waals surface area contributed by atoms with Crippen LogP contribution in [0.25, 0.3) is 10.9 Å². The number of fused-ring (bicyclic) bond motifs is 1. The van der Waals surface area contributed by atoms with Gasteiger partial charge in [0.1, 0.15) is 0 Å². The number of nitrogens with two attached hydrogens (primary N) is 1. The highest BCUT2D eigenvalue weighted by molar-refractivity contribution is 6.06. The Morgan fingerprint density at radius 3 is 2.79 bits per heavy atom. The molecule has 0 atom stereocenters. The minimum Gasteiger partial charge on any atom is -0.351 e. The fourth-order valence-electron chi connectivity index (χ4n) is 1.96. The van der Waals surface area contributed by atoms with Crippen molar-refractivity contribution in [3.8, 4) is 0 Å². The molecule has 0 aliphatic carbocycles. The topological polar surface area (TPSA) is 68.0 Å². The van der Waals surface area contributed by atoms with Crippen LogP contribution in [0.4, 0.5) is 0 Å². The number of hydrogen-bond donors (Lipinski definition) is 2. The Bertz CT molecular complexity index is 593. The van der Waals surface area contributed by atoms with Crippen LogP contribution in [-0.4, -0.2) is 24.0 Å². The molecule has 2 rings (SSSR count). The minimum atomic E-state index is -0.0917. The molecule has 4 heteroatoms. The van der Waals surface area contributed by atoms with E-state index in [2.05, 4.69) is 24.1 Å². The third-order valence-corrected chi connectivity index (χ3v) is 3.00. The van der Waals surface area contributed by atoms with Crippen molar-refractivity contribution in [2.75, 3.05) is 13.1 Å². The Hall–Kier alpha value is -1.94. The fourth-order valence-corrected chi connectivity index (χ4v) is 1.96. The summed E-state index contributed by atoms with van der Waals surface area (Å²) in [7, 11) is 0. The normalized spacial score (nSPS) is 10.9. The van der Waals surface area contributed by atoms with Gasteiger partial charge in [-0.1, -0.05) is 32.0 Å². The van der Waals surface area contributed by atoms with Crippen molar-refractivity contribution in [2.45, 2.75) is 19.8 Å². The highest BCUT2D eigenvalue weighted by Crippen LogP contribution is 2.22. The zero-order valence-electron chi connectivity index (χ0n) is 11.3. The van der Waals surface area contributed by atoms with E-state index in [1.807, 2.05) is 30.3 Å². The van der Waals surface area contributed by atoms with Crippen LogP contribution < -0.4 is 11.1 Å². The monoisotopic (exact) mass is 257 g/mol. The van der Waals surface area contributed by atoms with Gasteiger partial charge in [0.2, 0.25) is 0 Å². The molecule has 0 saturated heterocycles. The summed E-state index contributed by atoms with van der Waals surface area (Å²) in [5, 5.41) is 3.69. The predicted molar refractivity (Wildman–Crippen MR) is 77.2 cm³/mol. The molecule has 3 N–H and O–H groups in total. The summed E-state index contributed by atoms with van der Waals surface area (Å²) in [6, 6.07) is 9.57. The van der Waals surface area contributed by atoms with E-state index >= 15 is 0 Å². The van der Waals surface area contributed by atoms with Gasteiger partial charge in [-0.3, -0.25) is 9.78 Å². The van der Waals surface area contributed by atoms with Gasteiger partial charge in [0, 0.05) is 24.2 Å². The van der Waals surface area contributed by atoms with Crippen LogP contribution in [0.1, 0.15) is 35.8 Å². The van der Waals surface area contributed by atoms with E-state index in [4.69, 9.17) is 5.73 Å². The SMILES string of the molecule is CC(C)c1cc(C(=O)NCCN)c2ccccc2n1. The zero-order chi connectivity index (χ0) is 13.8. The maximum Gasteiger partial charge on any atom is 0.252 e. The molecule has 0 aliphatic heterocycles. The number of para-hydroxylation sites is 1. The molecule has 0 aliphatic rings. The van der Waals surface area contributed by atoms with Crippen molar-refractivity contribution in [1.29, 1.82) is 0 Å². The molecule has 2 aromatic rings. The molecule has 0 spiro atoms. The lowest BCUT2D eigenvalue weighted by molar-refractivity contribution is 0.0956. The Kier molecular flexibility index (Phi) is 4.12. The molecule has 1 amide bonds. The van der Waals surface area contributed by atoms with Crippen LogP contribution in [-0.2, 0) is 0 Å². The van der Waals surface area contributed by atoms with Crippen molar-refractivity contribution >= 4 is 16.8 Å². The average Bonchev–Trinajstić information content (AvgIpc) is 2.43. The number of amides is 1. The smallest absolute Gasteiger partial charge is 0.252 e. The Morgan fingerprint density at radius 1 is 1.37 bits per heavy atom. The maximum atomic E-state index is 12.2. The summed E-state index contributed by atoms with van der Waals surface area (Å²) in [5.41, 5.74) is 7.87. The van der Waals surface area contributed by atoms with Crippen molar-refractivity contribution in [2.24, 2.45) is 5.73 Å². The molecule has 0 bridgehead atoms. The largest absolute Gasteiger partial charge is 0.351 e. The number of pyridine rings is 1. The quantitative estimate of drug-likeness (QED) is 0.880. The highest BCUT2D eigenvalue weighted by atomic mass is 16.1. The summed E-state index contributed by atoms with van der Waals surface area (Å²) < 4.78 is 0. The third kappa shape index (κ3) is 2.90. The van der Waals surface area contributed by atoms with Crippen LogP contribution >= 0.6 is 0 Å². The molecule has 19 heavy (non-hydrogen) atoms. The summed E-state index contributed by atoms with van der Waals surface area (Å²) in [6.45, 7) is 5.05. The number of carbonyl (C=O) groups excluding carboxylic acids is 1. The Morgan fingerprint density at radius 2 is 2.11 bits per heavy atom. The summed E-state index contributed by atoms with van der Waals surface area (Å²) in [5.74, 6) is 0.191. The highest BCUT2D eigenvalue weighted by Gasteiger charge is 2.13. The zero-order valence-corrected chi connectivity index (χ0v) is 11.3. The Labute approximate surface area is 113 Å². The molecule has 1 aromatic heterocycles. The summed E-state index contributed by atoms with van der Waals surface area (Å²) in [4.78, 5) is 16.8. The number of hydrogen-bond acceptors (Lipinski definition) is 3. The van der Waals surface area contributed by atoms with E-state index in [0.717, 1.165) is 16.6 Å². The van der Waals surface area contributed by atoms with Crippen LogP contribution in [0.15, 0.2) is 30.3 Å². The lowest BCUT2D eigenvalue weighted by atomic mass is 10.0. The van der Waals surface area contributed by atoms with Gasteiger partial charge in [-0.05, 0) is 18.1 Å². The Balaban J connectivity index is 2.53. The second kappa shape index (κ2) is 5.80. The second-order valence-corrected chi connectivity index (χ2v) is 4.81. The average molecular weight is 257 g/mol. The standard InChI is InChI=1S/C15H19N3O/c1-10(2)14-9-12(15(19)17-8-7-16)11-5-3-4-6-13(11)18-14/h3-6,9-10H,7-8,16H2,1-2H3,(H,17,19). The minimum absolute atomic E-state index is 0.0917. The summed E-state index contributed by atoms with van der Waals surface area (Å²) >= 11 is 0. The molecule has 0 saturated carbocycles.